The summed E-state index contributed by atoms with van der Waals surface area (Å²) in [5, 5.41) is -0.899. The normalized spacial score (nSPS) is 26.2. The molecule has 4 atom stereocenters. The number of alkyl halides is 1. The van der Waals surface area contributed by atoms with E-state index in [4.69, 9.17) is 31.5 Å². The van der Waals surface area contributed by atoms with Crippen LogP contribution in [-0.4, -0.2) is 45.7 Å². The number of hydrogen-bond donors (Lipinski definition) is 1. The zero-order valence-electron chi connectivity index (χ0n) is 12.8. The summed E-state index contributed by atoms with van der Waals surface area (Å²) in [5.74, 6) is -1.08. The number of nitrogens with two attached hydrogens (primary N) is 1. The van der Waals surface area contributed by atoms with Gasteiger partial charge in [0.1, 0.15) is 23.9 Å². The van der Waals surface area contributed by atoms with Crippen LogP contribution in [0.2, 0.25) is 0 Å². The van der Waals surface area contributed by atoms with Crippen molar-refractivity contribution in [2.24, 2.45) is 0 Å². The molecule has 2 N–H and O–H groups in total. The molecule has 24 heavy (non-hydrogen) atoms. The van der Waals surface area contributed by atoms with Crippen molar-refractivity contribution in [3.8, 4) is 0 Å². The number of nitrogens with zero attached hydrogens (tertiary/aromatic N) is 2. The fourth-order valence-electron chi connectivity index (χ4n) is 2.22. The highest BCUT2D eigenvalue weighted by Crippen LogP contribution is 2.35. The second kappa shape index (κ2) is 7.49. The Kier molecular flexibility index (Phi) is 5.83. The van der Waals surface area contributed by atoms with Gasteiger partial charge in [-0.05, 0) is 15.9 Å². The van der Waals surface area contributed by atoms with Crippen LogP contribution in [0.15, 0.2) is 15.5 Å². The van der Waals surface area contributed by atoms with Gasteiger partial charge in [-0.2, -0.15) is 4.98 Å². The van der Waals surface area contributed by atoms with E-state index in [1.54, 1.807) is 0 Å². The Bertz CT molecular complexity index is 711. The summed E-state index contributed by atoms with van der Waals surface area (Å²) in [5.41, 5.74) is 4.87. The summed E-state index contributed by atoms with van der Waals surface area (Å²) in [6, 6.07) is 0. The molecular weight excluding hydrogens is 410 g/mol. The molecule has 1 aliphatic heterocycles. The van der Waals surface area contributed by atoms with Crippen LogP contribution in [0, 0.1) is 0 Å². The van der Waals surface area contributed by atoms with Crippen molar-refractivity contribution in [2.45, 2.75) is 37.7 Å². The van der Waals surface area contributed by atoms with Crippen molar-refractivity contribution in [2.75, 3.05) is 12.3 Å². The van der Waals surface area contributed by atoms with E-state index < -0.39 is 41.4 Å². The van der Waals surface area contributed by atoms with Crippen LogP contribution in [0.25, 0.3) is 0 Å². The van der Waals surface area contributed by atoms with Crippen molar-refractivity contribution in [3.63, 3.8) is 0 Å². The molecule has 1 aromatic heterocycles. The quantitative estimate of drug-likeness (QED) is 0.550. The topological polar surface area (TPSA) is 123 Å². The molecule has 0 bridgehead atoms. The highest BCUT2D eigenvalue weighted by atomic mass is 79.9. The molecule has 9 nitrogen and oxygen atoms in total. The smallest absolute Gasteiger partial charge is 0.351 e. The van der Waals surface area contributed by atoms with Crippen LogP contribution in [0.1, 0.15) is 20.1 Å². The Hall–Kier alpha value is -1.65. The third kappa shape index (κ3) is 4.05. The third-order valence-corrected chi connectivity index (χ3v) is 4.30. The van der Waals surface area contributed by atoms with E-state index in [-0.39, 0.29) is 12.4 Å². The van der Waals surface area contributed by atoms with E-state index in [9.17, 15) is 14.4 Å². The lowest BCUT2D eigenvalue weighted by Crippen LogP contribution is -2.36. The molecule has 1 aliphatic rings. The lowest BCUT2D eigenvalue weighted by atomic mass is 10.1. The van der Waals surface area contributed by atoms with Gasteiger partial charge in [-0.1, -0.05) is 0 Å². The van der Waals surface area contributed by atoms with E-state index in [0.717, 1.165) is 4.57 Å². The van der Waals surface area contributed by atoms with E-state index in [1.807, 2.05) is 0 Å². The maximum Gasteiger partial charge on any atom is 0.351 e. The Balaban J connectivity index is 2.31. The maximum atomic E-state index is 12.0. The number of halogens is 2. The Morgan fingerprint density at radius 3 is 2.71 bits per heavy atom. The summed E-state index contributed by atoms with van der Waals surface area (Å²) >= 11 is 9.49. The first-order valence-corrected chi connectivity index (χ1v) is 8.08. The summed E-state index contributed by atoms with van der Waals surface area (Å²) in [7, 11) is 0. The zero-order valence-corrected chi connectivity index (χ0v) is 15.1. The van der Waals surface area contributed by atoms with E-state index >= 15 is 0 Å². The van der Waals surface area contributed by atoms with Gasteiger partial charge in [0.15, 0.2) is 12.3 Å². The molecule has 11 heteroatoms. The monoisotopic (exact) mass is 423 g/mol. The molecule has 1 aromatic rings. The van der Waals surface area contributed by atoms with Gasteiger partial charge >= 0.3 is 17.6 Å². The summed E-state index contributed by atoms with van der Waals surface area (Å²) in [6.07, 6.45) is -1.33. The number of anilines is 1. The average Bonchev–Trinajstić information content (AvgIpc) is 2.77. The first-order valence-electron chi connectivity index (χ1n) is 6.85. The van der Waals surface area contributed by atoms with Crippen molar-refractivity contribution >= 4 is 45.3 Å². The number of carbonyl (C=O) groups excluding carboxylic acids is 2. The van der Waals surface area contributed by atoms with Gasteiger partial charge in [-0.15, -0.1) is 11.6 Å². The minimum Gasteiger partial charge on any atom is -0.463 e. The predicted octanol–water partition coefficient (Wildman–Crippen LogP) is 0.588. The number of rotatable bonds is 4. The molecular formula is C13H15BrClN3O6. The largest absolute Gasteiger partial charge is 0.463 e. The molecule has 0 unspecified atom stereocenters. The number of aromatic nitrogens is 2. The summed E-state index contributed by atoms with van der Waals surface area (Å²) in [6.45, 7) is 2.27. The lowest BCUT2D eigenvalue weighted by Gasteiger charge is -2.19. The molecule has 2 heterocycles. The third-order valence-electron chi connectivity index (χ3n) is 3.23. The van der Waals surface area contributed by atoms with E-state index in [1.165, 1.54) is 20.0 Å². The molecule has 1 saturated heterocycles. The number of carbonyl (C=O) groups is 2. The van der Waals surface area contributed by atoms with Gasteiger partial charge in [0, 0.05) is 20.0 Å². The minimum absolute atomic E-state index is 0.0216. The first kappa shape index (κ1) is 18.7. The predicted molar refractivity (Wildman–Crippen MR) is 86.3 cm³/mol. The van der Waals surface area contributed by atoms with E-state index in [0.29, 0.717) is 4.47 Å². The average molecular weight is 425 g/mol. The highest BCUT2D eigenvalue weighted by Gasteiger charge is 2.47. The van der Waals surface area contributed by atoms with Crippen molar-refractivity contribution in [3.05, 3.63) is 21.2 Å². The van der Waals surface area contributed by atoms with Gasteiger partial charge < -0.3 is 19.9 Å². The fourth-order valence-corrected chi connectivity index (χ4v) is 2.93. The van der Waals surface area contributed by atoms with Crippen molar-refractivity contribution < 1.29 is 23.8 Å². The summed E-state index contributed by atoms with van der Waals surface area (Å²) in [4.78, 5) is 38.0. The second-order valence-corrected chi connectivity index (χ2v) is 6.41. The van der Waals surface area contributed by atoms with Crippen LogP contribution in [0.4, 0.5) is 5.82 Å². The molecule has 0 radical (unpaired) electrons. The van der Waals surface area contributed by atoms with Crippen LogP contribution in [0.5, 0.6) is 0 Å². The molecule has 1 fully saturated rings. The zero-order chi connectivity index (χ0) is 18.0. The SMILES string of the molecule is CC(=O)OC[C@H]1O[C@@H](n2cc(Br)c(N)nc2=O)[C@H](Cl)[C@@H]1OC(C)=O. The van der Waals surface area contributed by atoms with Crippen LogP contribution < -0.4 is 11.4 Å². The van der Waals surface area contributed by atoms with Crippen molar-refractivity contribution in [1.29, 1.82) is 0 Å². The van der Waals surface area contributed by atoms with Crippen molar-refractivity contribution in [1.82, 2.24) is 9.55 Å². The van der Waals surface area contributed by atoms with Crippen LogP contribution >= 0.6 is 27.5 Å². The lowest BCUT2D eigenvalue weighted by molar-refractivity contribution is -0.155. The standard InChI is InChI=1S/C13H15BrClN3O6/c1-5(19)22-4-8-10(23-6(2)20)9(15)12(24-8)18-3-7(14)11(16)17-13(18)21/h3,8-10,12H,4H2,1-2H3,(H2,16,17,21)/t8-,9-,10-,12-/m1/s1. The Labute approximate surface area is 150 Å². The highest BCUT2D eigenvalue weighted by molar-refractivity contribution is 9.10. The molecule has 0 spiro atoms. The van der Waals surface area contributed by atoms with Gasteiger partial charge in [-0.25, -0.2) is 4.79 Å². The Morgan fingerprint density at radius 2 is 2.12 bits per heavy atom. The van der Waals surface area contributed by atoms with Gasteiger partial charge in [0.05, 0.1) is 4.47 Å². The number of nitrogen functional groups attached to an aromatic ring is 1. The van der Waals surface area contributed by atoms with Crippen LogP contribution in [0.3, 0.4) is 0 Å². The number of esters is 2. The number of hydrogen-bond acceptors (Lipinski definition) is 8. The maximum absolute atomic E-state index is 12.0. The second-order valence-electron chi connectivity index (χ2n) is 5.05. The first-order chi connectivity index (χ1) is 11.2. The van der Waals surface area contributed by atoms with Gasteiger partial charge in [0.25, 0.3) is 0 Å². The number of ether oxygens (including phenoxy) is 3. The Morgan fingerprint density at radius 1 is 1.46 bits per heavy atom. The molecule has 0 aliphatic carbocycles. The summed E-state index contributed by atoms with van der Waals surface area (Å²) < 4.78 is 17.2. The molecule has 0 aromatic carbocycles. The van der Waals surface area contributed by atoms with Crippen LogP contribution in [-0.2, 0) is 23.8 Å². The fraction of sp³-hybridized carbons (Fsp3) is 0.538. The van der Waals surface area contributed by atoms with E-state index in [2.05, 4.69) is 20.9 Å². The van der Waals surface area contributed by atoms with Gasteiger partial charge in [0.2, 0.25) is 0 Å². The minimum atomic E-state index is -0.978. The molecule has 0 saturated carbocycles. The molecule has 0 amide bonds. The molecule has 132 valence electrons. The van der Waals surface area contributed by atoms with Gasteiger partial charge in [-0.3, -0.25) is 14.2 Å². The molecule has 2 rings (SSSR count).